The van der Waals surface area contributed by atoms with Gasteiger partial charge in [-0.05, 0) is 64.5 Å². The van der Waals surface area contributed by atoms with Gasteiger partial charge in [0.25, 0.3) is 0 Å². The molecule has 2 unspecified atom stereocenters. The van der Waals surface area contributed by atoms with E-state index in [2.05, 4.69) is 31.0 Å². The Morgan fingerprint density at radius 1 is 1.44 bits per heavy atom. The second kappa shape index (κ2) is 5.60. The molecule has 0 bridgehead atoms. The molecule has 0 aromatic heterocycles. The molecule has 18 heavy (non-hydrogen) atoms. The smallest absolute Gasteiger partial charge is 0.223 e. The molecule has 2 heterocycles. The highest BCUT2D eigenvalue weighted by Gasteiger charge is 2.36. The van der Waals surface area contributed by atoms with Gasteiger partial charge < -0.3 is 10.2 Å². The van der Waals surface area contributed by atoms with E-state index in [0.717, 1.165) is 38.9 Å². The number of piperidine rings is 1. The third-order valence-corrected chi connectivity index (χ3v) is 4.84. The highest BCUT2D eigenvalue weighted by atomic mass is 16.2. The molecule has 2 aliphatic heterocycles. The van der Waals surface area contributed by atoms with E-state index < -0.39 is 0 Å². The van der Waals surface area contributed by atoms with Gasteiger partial charge in [-0.15, -0.1) is 0 Å². The van der Waals surface area contributed by atoms with Gasteiger partial charge in [0.05, 0.1) is 0 Å². The molecule has 3 heteroatoms. The molecule has 0 radical (unpaired) electrons. The van der Waals surface area contributed by atoms with E-state index in [1.54, 1.807) is 0 Å². The van der Waals surface area contributed by atoms with E-state index in [-0.39, 0.29) is 5.54 Å². The van der Waals surface area contributed by atoms with Gasteiger partial charge >= 0.3 is 0 Å². The first-order valence-electron chi connectivity index (χ1n) is 7.52. The van der Waals surface area contributed by atoms with Crippen LogP contribution in [0, 0.1) is 11.8 Å². The monoisotopic (exact) mass is 252 g/mol. The zero-order valence-corrected chi connectivity index (χ0v) is 12.2. The topological polar surface area (TPSA) is 32.3 Å². The van der Waals surface area contributed by atoms with Crippen LogP contribution in [0.4, 0.5) is 0 Å². The zero-order valence-electron chi connectivity index (χ0n) is 12.2. The molecule has 2 saturated heterocycles. The van der Waals surface area contributed by atoms with Crippen LogP contribution >= 0.6 is 0 Å². The highest BCUT2D eigenvalue weighted by Crippen LogP contribution is 2.31. The molecule has 0 spiro atoms. The molecular weight excluding hydrogens is 224 g/mol. The van der Waals surface area contributed by atoms with E-state index >= 15 is 0 Å². The molecular formula is C15H28N2O. The Morgan fingerprint density at radius 2 is 2.22 bits per heavy atom. The van der Waals surface area contributed by atoms with E-state index in [4.69, 9.17) is 0 Å². The van der Waals surface area contributed by atoms with Crippen molar-refractivity contribution in [3.8, 4) is 0 Å². The second-order valence-electron chi connectivity index (χ2n) is 6.75. The Labute approximate surface area is 111 Å². The second-order valence-corrected chi connectivity index (χ2v) is 6.75. The molecule has 104 valence electrons. The normalized spacial score (nSPS) is 29.3. The van der Waals surface area contributed by atoms with Crippen molar-refractivity contribution in [2.45, 2.75) is 58.4 Å². The number of carbonyl (C=O) groups excluding carboxylic acids is 1. The van der Waals surface area contributed by atoms with Crippen molar-refractivity contribution in [2.24, 2.45) is 11.8 Å². The summed E-state index contributed by atoms with van der Waals surface area (Å²) < 4.78 is 0. The van der Waals surface area contributed by atoms with E-state index in [9.17, 15) is 4.79 Å². The lowest BCUT2D eigenvalue weighted by atomic mass is 9.85. The number of rotatable bonds is 3. The number of nitrogens with zero attached hydrogens (tertiary/aromatic N) is 1. The number of likely N-dealkylation sites (tertiary alicyclic amines) is 1. The maximum atomic E-state index is 12.4. The predicted octanol–water partition coefficient (Wildman–Crippen LogP) is 2.41. The highest BCUT2D eigenvalue weighted by molar-refractivity contribution is 5.77. The van der Waals surface area contributed by atoms with Crippen molar-refractivity contribution in [3.05, 3.63) is 0 Å². The van der Waals surface area contributed by atoms with Crippen molar-refractivity contribution in [3.63, 3.8) is 0 Å². The van der Waals surface area contributed by atoms with E-state index in [1.807, 2.05) is 0 Å². The first kappa shape index (κ1) is 13.9. The van der Waals surface area contributed by atoms with Gasteiger partial charge in [0.1, 0.15) is 0 Å². The number of hydrogen-bond acceptors (Lipinski definition) is 2. The van der Waals surface area contributed by atoms with Gasteiger partial charge in [-0.25, -0.2) is 0 Å². The fourth-order valence-corrected chi connectivity index (χ4v) is 3.49. The molecule has 2 rings (SSSR count). The van der Waals surface area contributed by atoms with Crippen LogP contribution < -0.4 is 5.32 Å². The maximum Gasteiger partial charge on any atom is 0.223 e. The van der Waals surface area contributed by atoms with Crippen LogP contribution in [0.5, 0.6) is 0 Å². The van der Waals surface area contributed by atoms with Crippen molar-refractivity contribution < 1.29 is 4.79 Å². The third-order valence-electron chi connectivity index (χ3n) is 4.84. The van der Waals surface area contributed by atoms with E-state index in [0.29, 0.717) is 17.7 Å². The molecule has 2 atom stereocenters. The third kappa shape index (κ3) is 3.05. The summed E-state index contributed by atoms with van der Waals surface area (Å²) in [5.74, 6) is 1.57. The van der Waals surface area contributed by atoms with Crippen LogP contribution in [0.3, 0.4) is 0 Å². The van der Waals surface area contributed by atoms with E-state index in [1.165, 1.54) is 12.8 Å². The molecule has 3 nitrogen and oxygen atoms in total. The first-order chi connectivity index (χ1) is 8.50. The number of hydrogen-bond donors (Lipinski definition) is 1. The Morgan fingerprint density at radius 3 is 2.78 bits per heavy atom. The lowest BCUT2D eigenvalue weighted by molar-refractivity contribution is -0.135. The van der Waals surface area contributed by atoms with Crippen molar-refractivity contribution in [2.75, 3.05) is 19.6 Å². The number of carbonyl (C=O) groups is 1. The lowest BCUT2D eigenvalue weighted by Crippen LogP contribution is -2.44. The molecule has 1 N–H and O–H groups in total. The van der Waals surface area contributed by atoms with Crippen molar-refractivity contribution in [1.29, 1.82) is 0 Å². The fraction of sp³-hybridized carbons (Fsp3) is 0.933. The standard InChI is InChI=1S/C15H28N2O/c1-12(13-6-4-8-16-11-13)10-14(18)17-9-5-7-15(17,2)3/h12-13,16H,4-11H2,1-3H3. The van der Waals surface area contributed by atoms with Gasteiger partial charge in [0, 0.05) is 18.5 Å². The van der Waals surface area contributed by atoms with Crippen LogP contribution in [-0.2, 0) is 4.79 Å². The summed E-state index contributed by atoms with van der Waals surface area (Å²) in [6.45, 7) is 9.85. The average Bonchev–Trinajstić information content (AvgIpc) is 2.70. The summed E-state index contributed by atoms with van der Waals surface area (Å²) in [6.07, 6.45) is 5.59. The first-order valence-corrected chi connectivity index (χ1v) is 7.52. The lowest BCUT2D eigenvalue weighted by Gasteiger charge is -2.34. The number of nitrogens with one attached hydrogen (secondary N) is 1. The average molecular weight is 252 g/mol. The molecule has 0 aromatic rings. The fourth-order valence-electron chi connectivity index (χ4n) is 3.49. The summed E-state index contributed by atoms with van der Waals surface area (Å²) in [7, 11) is 0. The molecule has 2 aliphatic rings. The Bertz CT molecular complexity index is 295. The minimum Gasteiger partial charge on any atom is -0.338 e. The molecule has 2 fully saturated rings. The Kier molecular flexibility index (Phi) is 4.31. The van der Waals surface area contributed by atoms with Crippen LogP contribution in [0.15, 0.2) is 0 Å². The zero-order chi connectivity index (χ0) is 13.2. The van der Waals surface area contributed by atoms with Crippen LogP contribution in [0.25, 0.3) is 0 Å². The number of amides is 1. The molecule has 0 saturated carbocycles. The van der Waals surface area contributed by atoms with Gasteiger partial charge in [-0.1, -0.05) is 6.92 Å². The molecule has 0 aliphatic carbocycles. The van der Waals surface area contributed by atoms with Gasteiger partial charge in [0.2, 0.25) is 5.91 Å². The molecule has 0 aromatic carbocycles. The summed E-state index contributed by atoms with van der Waals surface area (Å²) in [4.78, 5) is 14.5. The summed E-state index contributed by atoms with van der Waals surface area (Å²) >= 11 is 0. The minimum absolute atomic E-state index is 0.0849. The summed E-state index contributed by atoms with van der Waals surface area (Å²) in [5, 5.41) is 3.45. The maximum absolute atomic E-state index is 12.4. The van der Waals surface area contributed by atoms with Gasteiger partial charge in [-0.3, -0.25) is 4.79 Å². The van der Waals surface area contributed by atoms with Crippen molar-refractivity contribution >= 4 is 5.91 Å². The van der Waals surface area contributed by atoms with Gasteiger partial charge in [0.15, 0.2) is 0 Å². The summed E-state index contributed by atoms with van der Waals surface area (Å²) in [5.41, 5.74) is 0.0849. The molecule has 1 amide bonds. The Balaban J connectivity index is 1.86. The Hall–Kier alpha value is -0.570. The van der Waals surface area contributed by atoms with Crippen LogP contribution in [0.2, 0.25) is 0 Å². The predicted molar refractivity (Wildman–Crippen MR) is 74.4 cm³/mol. The van der Waals surface area contributed by atoms with Crippen molar-refractivity contribution in [1.82, 2.24) is 10.2 Å². The minimum atomic E-state index is 0.0849. The van der Waals surface area contributed by atoms with Crippen LogP contribution in [0.1, 0.15) is 52.9 Å². The van der Waals surface area contributed by atoms with Crippen LogP contribution in [-0.4, -0.2) is 36.0 Å². The quantitative estimate of drug-likeness (QED) is 0.836. The summed E-state index contributed by atoms with van der Waals surface area (Å²) in [6, 6.07) is 0. The van der Waals surface area contributed by atoms with Gasteiger partial charge in [-0.2, -0.15) is 0 Å². The SMILES string of the molecule is CC(CC(=O)N1CCCC1(C)C)C1CCCNC1. The largest absolute Gasteiger partial charge is 0.338 e.